The Labute approximate surface area is 141 Å². The Morgan fingerprint density at radius 2 is 1.09 bits per heavy atom. The van der Waals surface area contributed by atoms with Crippen molar-refractivity contribution in [1.82, 2.24) is 0 Å². The molecule has 0 bridgehead atoms. The van der Waals surface area contributed by atoms with Crippen LogP contribution in [0.4, 0.5) is 11.4 Å². The lowest BCUT2D eigenvalue weighted by molar-refractivity contribution is 0.864. The molecule has 0 atom stereocenters. The fourth-order valence-electron chi connectivity index (χ4n) is 2.84. The third-order valence-electron chi connectivity index (χ3n) is 4.23. The van der Waals surface area contributed by atoms with Crippen LogP contribution in [0, 0.1) is 20.5 Å². The van der Waals surface area contributed by atoms with E-state index in [0.29, 0.717) is 11.8 Å². The molecule has 2 aromatic carbocycles. The predicted octanol–water partition coefficient (Wildman–Crippen LogP) is 6.07. The molecule has 23 heavy (non-hydrogen) atoms. The van der Waals surface area contributed by atoms with E-state index in [9.17, 15) is 0 Å². The van der Waals surface area contributed by atoms with Crippen LogP contribution in [0.3, 0.4) is 0 Å². The lowest BCUT2D eigenvalue weighted by atomic mass is 9.98. The average Bonchev–Trinajstić information content (AvgIpc) is 2.49. The zero-order valence-electron chi connectivity index (χ0n) is 15.1. The minimum atomic E-state index is 0.476. The molecule has 0 spiro atoms. The van der Waals surface area contributed by atoms with E-state index in [2.05, 4.69) is 95.2 Å². The highest BCUT2D eigenvalue weighted by molar-refractivity contribution is 5.63. The number of rotatable bonds is 6. The summed E-state index contributed by atoms with van der Waals surface area (Å²) >= 11 is 0. The van der Waals surface area contributed by atoms with Gasteiger partial charge in [0.2, 0.25) is 6.67 Å². The second kappa shape index (κ2) is 7.54. The summed E-state index contributed by atoms with van der Waals surface area (Å²) in [5.41, 5.74) is 7.39. The van der Waals surface area contributed by atoms with Gasteiger partial charge in [0.1, 0.15) is 0 Å². The minimum absolute atomic E-state index is 0.476. The highest BCUT2D eigenvalue weighted by Gasteiger charge is 2.11. The minimum Gasteiger partial charge on any atom is -0.355 e. The van der Waals surface area contributed by atoms with Crippen molar-refractivity contribution < 1.29 is 0 Å². The highest BCUT2D eigenvalue weighted by Crippen LogP contribution is 2.30. The van der Waals surface area contributed by atoms with Gasteiger partial charge in [0.25, 0.3) is 0 Å². The first-order valence-electron chi connectivity index (χ1n) is 8.37. The third kappa shape index (κ3) is 4.07. The van der Waals surface area contributed by atoms with Crippen molar-refractivity contribution in [2.24, 2.45) is 0 Å². The molecule has 122 valence electrons. The SMILES string of the molecule is Cc1cccc(C(C)C)c1N[C]Nc1c(C)cccc1C(C)C. The van der Waals surface area contributed by atoms with Gasteiger partial charge in [-0.05, 0) is 47.9 Å². The first kappa shape index (κ1) is 17.4. The van der Waals surface area contributed by atoms with Gasteiger partial charge < -0.3 is 10.6 Å². The molecule has 2 N–H and O–H groups in total. The van der Waals surface area contributed by atoms with E-state index in [-0.39, 0.29) is 0 Å². The van der Waals surface area contributed by atoms with Gasteiger partial charge in [0.05, 0.1) is 0 Å². The highest BCUT2D eigenvalue weighted by atomic mass is 15.1. The molecule has 0 saturated carbocycles. The Morgan fingerprint density at radius 3 is 1.43 bits per heavy atom. The predicted molar refractivity (Wildman–Crippen MR) is 101 cm³/mol. The molecular formula is C21H28N2. The fourth-order valence-corrected chi connectivity index (χ4v) is 2.84. The fraction of sp³-hybridized carbons (Fsp3) is 0.381. The molecule has 0 amide bonds. The van der Waals surface area contributed by atoms with Crippen LogP contribution in [-0.4, -0.2) is 0 Å². The molecular weight excluding hydrogens is 280 g/mol. The Bertz CT molecular complexity index is 599. The Balaban J connectivity index is 2.16. The van der Waals surface area contributed by atoms with Gasteiger partial charge in [-0.25, -0.2) is 0 Å². The summed E-state index contributed by atoms with van der Waals surface area (Å²) in [5.74, 6) is 0.952. The molecule has 0 aromatic heterocycles. The first-order valence-corrected chi connectivity index (χ1v) is 8.37. The van der Waals surface area contributed by atoms with Crippen molar-refractivity contribution in [3.63, 3.8) is 0 Å². The summed E-state index contributed by atoms with van der Waals surface area (Å²) in [4.78, 5) is 0. The normalized spacial score (nSPS) is 11.1. The molecule has 2 nitrogen and oxygen atoms in total. The summed E-state index contributed by atoms with van der Waals surface area (Å²) in [5, 5.41) is 6.69. The smallest absolute Gasteiger partial charge is 0.202 e. The van der Waals surface area contributed by atoms with Crippen molar-refractivity contribution in [2.75, 3.05) is 10.6 Å². The van der Waals surface area contributed by atoms with Crippen molar-refractivity contribution in [1.29, 1.82) is 0 Å². The Morgan fingerprint density at radius 1 is 0.696 bits per heavy atom. The van der Waals surface area contributed by atoms with Crippen LogP contribution in [0.1, 0.15) is 61.8 Å². The largest absolute Gasteiger partial charge is 0.355 e. The lowest BCUT2D eigenvalue weighted by Crippen LogP contribution is -2.11. The molecule has 0 aliphatic rings. The summed E-state index contributed by atoms with van der Waals surface area (Å²) in [6, 6.07) is 12.8. The molecule has 0 saturated heterocycles. The van der Waals surface area contributed by atoms with Gasteiger partial charge in [-0.1, -0.05) is 64.1 Å². The number of anilines is 2. The lowest BCUT2D eigenvalue weighted by Gasteiger charge is -2.19. The van der Waals surface area contributed by atoms with Gasteiger partial charge in [-0.3, -0.25) is 0 Å². The maximum Gasteiger partial charge on any atom is 0.202 e. The standard InChI is InChI=1S/C21H28N2/c1-14(2)18-11-7-9-16(5)20(18)22-13-23-21-17(6)10-8-12-19(21)15(3)4/h7-12,14-15,22-23H,1-6H3. The summed E-state index contributed by atoms with van der Waals surface area (Å²) in [7, 11) is 0. The maximum atomic E-state index is 3.34. The number of para-hydroxylation sites is 2. The van der Waals surface area contributed by atoms with Crippen LogP contribution < -0.4 is 10.6 Å². The van der Waals surface area contributed by atoms with Crippen LogP contribution in [0.5, 0.6) is 0 Å². The average molecular weight is 308 g/mol. The number of hydrogen-bond donors (Lipinski definition) is 2. The van der Waals surface area contributed by atoms with E-state index in [1.54, 1.807) is 0 Å². The molecule has 0 unspecified atom stereocenters. The van der Waals surface area contributed by atoms with Crippen LogP contribution >= 0.6 is 0 Å². The monoisotopic (exact) mass is 308 g/mol. The van der Waals surface area contributed by atoms with Gasteiger partial charge >= 0.3 is 0 Å². The molecule has 2 aromatic rings. The third-order valence-corrected chi connectivity index (χ3v) is 4.23. The van der Waals surface area contributed by atoms with E-state index >= 15 is 0 Å². The van der Waals surface area contributed by atoms with Crippen LogP contribution in [0.2, 0.25) is 0 Å². The maximum absolute atomic E-state index is 3.34. The summed E-state index contributed by atoms with van der Waals surface area (Å²) < 4.78 is 0. The van der Waals surface area contributed by atoms with Crippen LogP contribution in [0.15, 0.2) is 36.4 Å². The van der Waals surface area contributed by atoms with Gasteiger partial charge in [0, 0.05) is 11.4 Å². The molecule has 0 aliphatic heterocycles. The van der Waals surface area contributed by atoms with Crippen LogP contribution in [-0.2, 0) is 0 Å². The molecule has 2 radical (unpaired) electrons. The summed E-state index contributed by atoms with van der Waals surface area (Å²) in [6.07, 6.45) is 0. The van der Waals surface area contributed by atoms with Gasteiger partial charge in [0.15, 0.2) is 0 Å². The zero-order chi connectivity index (χ0) is 17.0. The van der Waals surface area contributed by atoms with Crippen molar-refractivity contribution in [3.8, 4) is 0 Å². The first-order chi connectivity index (χ1) is 10.9. The van der Waals surface area contributed by atoms with E-state index in [1.165, 1.54) is 22.3 Å². The number of benzene rings is 2. The van der Waals surface area contributed by atoms with E-state index in [1.807, 2.05) is 0 Å². The van der Waals surface area contributed by atoms with Crippen molar-refractivity contribution in [2.45, 2.75) is 53.4 Å². The quantitative estimate of drug-likeness (QED) is 0.633. The van der Waals surface area contributed by atoms with Crippen molar-refractivity contribution in [3.05, 3.63) is 65.3 Å². The molecule has 0 fully saturated rings. The number of hydrogen-bond acceptors (Lipinski definition) is 2. The van der Waals surface area contributed by atoms with Gasteiger partial charge in [-0.15, -0.1) is 0 Å². The molecule has 2 rings (SSSR count). The van der Waals surface area contributed by atoms with E-state index in [0.717, 1.165) is 11.4 Å². The Kier molecular flexibility index (Phi) is 5.70. The zero-order valence-corrected chi connectivity index (χ0v) is 15.1. The van der Waals surface area contributed by atoms with Crippen molar-refractivity contribution >= 4 is 11.4 Å². The second-order valence-corrected chi connectivity index (χ2v) is 6.76. The topological polar surface area (TPSA) is 24.1 Å². The second-order valence-electron chi connectivity index (χ2n) is 6.76. The van der Waals surface area contributed by atoms with Gasteiger partial charge in [-0.2, -0.15) is 0 Å². The van der Waals surface area contributed by atoms with E-state index in [4.69, 9.17) is 0 Å². The molecule has 2 heteroatoms. The Hall–Kier alpha value is -1.96. The number of nitrogens with one attached hydrogen (secondary N) is 2. The molecule has 0 heterocycles. The summed E-state index contributed by atoms with van der Waals surface area (Å²) in [6.45, 7) is 16.3. The van der Waals surface area contributed by atoms with Crippen LogP contribution in [0.25, 0.3) is 0 Å². The van der Waals surface area contributed by atoms with E-state index < -0.39 is 0 Å². The molecule has 0 aliphatic carbocycles. The number of aryl methyl sites for hydroxylation is 2.